The highest BCUT2D eigenvalue weighted by Gasteiger charge is 2.29. The van der Waals surface area contributed by atoms with Gasteiger partial charge in [0.15, 0.2) is 11.5 Å². The number of nitrogens with zero attached hydrogens (tertiary/aromatic N) is 4. The number of primary amides is 1. The SMILES string of the molecule is Cc1cc(Nc2nn(C3CCCCC3C#N)cc2C(N)=O)cnc1C(=O)O. The summed E-state index contributed by atoms with van der Waals surface area (Å²) in [4.78, 5) is 26.8. The van der Waals surface area contributed by atoms with Crippen LogP contribution in [0.4, 0.5) is 11.5 Å². The van der Waals surface area contributed by atoms with E-state index in [4.69, 9.17) is 10.8 Å². The van der Waals surface area contributed by atoms with Gasteiger partial charge in [-0.1, -0.05) is 12.8 Å². The molecule has 1 amide bonds. The summed E-state index contributed by atoms with van der Waals surface area (Å²) < 4.78 is 1.64. The van der Waals surface area contributed by atoms with Crippen molar-refractivity contribution in [2.24, 2.45) is 11.7 Å². The van der Waals surface area contributed by atoms with Gasteiger partial charge >= 0.3 is 5.97 Å². The fourth-order valence-corrected chi connectivity index (χ4v) is 3.42. The van der Waals surface area contributed by atoms with Crippen LogP contribution in [-0.4, -0.2) is 31.7 Å². The van der Waals surface area contributed by atoms with Crippen molar-refractivity contribution >= 4 is 23.4 Å². The second kappa shape index (κ2) is 7.45. The molecule has 0 saturated heterocycles. The van der Waals surface area contributed by atoms with Crippen LogP contribution in [0.2, 0.25) is 0 Å². The Bertz CT molecular complexity index is 930. The van der Waals surface area contributed by atoms with Crippen molar-refractivity contribution in [3.05, 3.63) is 35.3 Å². The molecule has 2 atom stereocenters. The van der Waals surface area contributed by atoms with Crippen LogP contribution in [0.5, 0.6) is 0 Å². The number of carbonyl (C=O) groups is 2. The molecule has 2 unspecified atom stereocenters. The Morgan fingerprint density at radius 3 is 2.78 bits per heavy atom. The first-order valence-electron chi connectivity index (χ1n) is 8.66. The number of anilines is 2. The van der Waals surface area contributed by atoms with Gasteiger partial charge in [0.1, 0.15) is 5.56 Å². The van der Waals surface area contributed by atoms with Crippen molar-refractivity contribution in [3.8, 4) is 6.07 Å². The molecule has 9 nitrogen and oxygen atoms in total. The predicted molar refractivity (Wildman–Crippen MR) is 96.6 cm³/mol. The lowest BCUT2D eigenvalue weighted by atomic mass is 9.85. The summed E-state index contributed by atoms with van der Waals surface area (Å²) in [6, 6.07) is 3.83. The van der Waals surface area contributed by atoms with Gasteiger partial charge < -0.3 is 16.2 Å². The topological polar surface area (TPSA) is 147 Å². The van der Waals surface area contributed by atoms with E-state index in [0.29, 0.717) is 11.3 Å². The maximum atomic E-state index is 11.8. The molecular formula is C18H20N6O3. The van der Waals surface area contributed by atoms with Gasteiger partial charge in [0.2, 0.25) is 0 Å². The molecule has 0 aromatic carbocycles. The summed E-state index contributed by atoms with van der Waals surface area (Å²) in [5.74, 6) is -1.65. The summed E-state index contributed by atoms with van der Waals surface area (Å²) in [7, 11) is 0. The van der Waals surface area contributed by atoms with Gasteiger partial charge in [0, 0.05) is 6.20 Å². The van der Waals surface area contributed by atoms with E-state index in [-0.39, 0.29) is 29.0 Å². The van der Waals surface area contributed by atoms with Crippen LogP contribution in [0.15, 0.2) is 18.5 Å². The molecular weight excluding hydrogens is 348 g/mol. The number of carboxylic acids is 1. The Hall–Kier alpha value is -3.41. The van der Waals surface area contributed by atoms with E-state index in [0.717, 1.165) is 25.7 Å². The number of carboxylic acid groups (broad SMARTS) is 1. The lowest BCUT2D eigenvalue weighted by Gasteiger charge is -2.26. The Labute approximate surface area is 155 Å². The zero-order chi connectivity index (χ0) is 19.6. The van der Waals surface area contributed by atoms with Crippen molar-refractivity contribution in [2.45, 2.75) is 38.6 Å². The Morgan fingerprint density at radius 1 is 1.41 bits per heavy atom. The molecule has 0 bridgehead atoms. The van der Waals surface area contributed by atoms with Crippen LogP contribution in [0.1, 0.15) is 58.1 Å². The molecule has 3 rings (SSSR count). The average molecular weight is 368 g/mol. The first-order valence-corrected chi connectivity index (χ1v) is 8.66. The van der Waals surface area contributed by atoms with Crippen molar-refractivity contribution in [2.75, 3.05) is 5.32 Å². The van der Waals surface area contributed by atoms with E-state index in [1.807, 2.05) is 0 Å². The number of carbonyl (C=O) groups excluding carboxylic acids is 1. The predicted octanol–water partition coefficient (Wildman–Crippen LogP) is 2.38. The third-order valence-corrected chi connectivity index (χ3v) is 4.78. The van der Waals surface area contributed by atoms with Crippen LogP contribution in [-0.2, 0) is 0 Å². The number of pyridine rings is 1. The van der Waals surface area contributed by atoms with Crippen LogP contribution in [0, 0.1) is 24.2 Å². The average Bonchev–Trinajstić information content (AvgIpc) is 3.05. The second-order valence-electron chi connectivity index (χ2n) is 6.64. The van der Waals surface area contributed by atoms with Crippen LogP contribution >= 0.6 is 0 Å². The number of aryl methyl sites for hydroxylation is 1. The van der Waals surface area contributed by atoms with Crippen molar-refractivity contribution in [1.82, 2.24) is 14.8 Å². The normalized spacial score (nSPS) is 19.3. The summed E-state index contributed by atoms with van der Waals surface area (Å²) in [5.41, 5.74) is 6.61. The Kier molecular flexibility index (Phi) is 5.07. The van der Waals surface area contributed by atoms with Gasteiger partial charge in [-0.15, -0.1) is 0 Å². The van der Waals surface area contributed by atoms with Gasteiger partial charge in [0.25, 0.3) is 5.91 Å². The van der Waals surface area contributed by atoms with E-state index in [1.54, 1.807) is 23.9 Å². The molecule has 1 aliphatic rings. The van der Waals surface area contributed by atoms with Crippen LogP contribution < -0.4 is 11.1 Å². The smallest absolute Gasteiger partial charge is 0.354 e. The lowest BCUT2D eigenvalue weighted by molar-refractivity contribution is 0.0689. The van der Waals surface area contributed by atoms with E-state index in [9.17, 15) is 14.9 Å². The molecule has 2 heterocycles. The highest BCUT2D eigenvalue weighted by Crippen LogP contribution is 2.34. The number of rotatable bonds is 5. The molecule has 9 heteroatoms. The number of hydrogen-bond donors (Lipinski definition) is 3. The molecule has 1 saturated carbocycles. The van der Waals surface area contributed by atoms with Crippen molar-refractivity contribution in [3.63, 3.8) is 0 Å². The molecule has 0 radical (unpaired) electrons. The molecule has 1 aliphatic carbocycles. The first kappa shape index (κ1) is 18.4. The van der Waals surface area contributed by atoms with Crippen molar-refractivity contribution < 1.29 is 14.7 Å². The summed E-state index contributed by atoms with van der Waals surface area (Å²) >= 11 is 0. The third kappa shape index (κ3) is 3.74. The van der Waals surface area contributed by atoms with E-state index >= 15 is 0 Å². The van der Waals surface area contributed by atoms with Gasteiger partial charge in [0.05, 0.1) is 29.9 Å². The lowest BCUT2D eigenvalue weighted by Crippen LogP contribution is -2.22. The highest BCUT2D eigenvalue weighted by atomic mass is 16.4. The molecule has 2 aromatic rings. The minimum atomic E-state index is -1.11. The quantitative estimate of drug-likeness (QED) is 0.734. The maximum absolute atomic E-state index is 11.8. The molecule has 2 aromatic heterocycles. The number of aromatic nitrogens is 3. The molecule has 27 heavy (non-hydrogen) atoms. The zero-order valence-electron chi connectivity index (χ0n) is 14.8. The molecule has 4 N–H and O–H groups in total. The minimum Gasteiger partial charge on any atom is -0.477 e. The van der Waals surface area contributed by atoms with Gasteiger partial charge in [-0.05, 0) is 31.4 Å². The minimum absolute atomic E-state index is 0.0414. The maximum Gasteiger partial charge on any atom is 0.354 e. The van der Waals surface area contributed by atoms with Crippen molar-refractivity contribution in [1.29, 1.82) is 5.26 Å². The number of hydrogen-bond acceptors (Lipinski definition) is 6. The zero-order valence-corrected chi connectivity index (χ0v) is 14.8. The van der Waals surface area contributed by atoms with E-state index < -0.39 is 11.9 Å². The first-order chi connectivity index (χ1) is 12.9. The van der Waals surface area contributed by atoms with Crippen LogP contribution in [0.3, 0.4) is 0 Å². The third-order valence-electron chi connectivity index (χ3n) is 4.78. The monoisotopic (exact) mass is 368 g/mol. The fraction of sp³-hybridized carbons (Fsp3) is 0.389. The molecule has 1 fully saturated rings. The number of amides is 1. The van der Waals surface area contributed by atoms with Gasteiger partial charge in [-0.3, -0.25) is 9.48 Å². The van der Waals surface area contributed by atoms with Crippen LogP contribution in [0.25, 0.3) is 0 Å². The Morgan fingerprint density at radius 2 is 2.15 bits per heavy atom. The fourth-order valence-electron chi connectivity index (χ4n) is 3.42. The summed E-state index contributed by atoms with van der Waals surface area (Å²) in [5, 5.41) is 25.9. The molecule has 0 aliphatic heterocycles. The number of nitrogens with one attached hydrogen (secondary N) is 1. The second-order valence-corrected chi connectivity index (χ2v) is 6.64. The number of aromatic carboxylic acids is 1. The van der Waals surface area contributed by atoms with Gasteiger partial charge in [-0.25, -0.2) is 9.78 Å². The summed E-state index contributed by atoms with van der Waals surface area (Å²) in [6.07, 6.45) is 6.54. The Balaban J connectivity index is 1.92. The molecule has 0 spiro atoms. The van der Waals surface area contributed by atoms with E-state index in [2.05, 4.69) is 21.5 Å². The molecule has 140 valence electrons. The number of nitrogens with two attached hydrogens (primary N) is 1. The number of nitriles is 1. The standard InChI is InChI=1S/C18H20N6O3/c1-10-6-12(8-21-15(10)18(26)27)22-17-13(16(20)25)9-24(23-17)14-5-3-2-4-11(14)7-19/h6,8-9,11,14H,2-5H2,1H3,(H2,20,25)(H,22,23)(H,26,27). The summed E-state index contributed by atoms with van der Waals surface area (Å²) in [6.45, 7) is 1.63. The van der Waals surface area contributed by atoms with E-state index in [1.165, 1.54) is 6.20 Å². The largest absolute Gasteiger partial charge is 0.477 e. The highest BCUT2D eigenvalue weighted by molar-refractivity contribution is 5.98. The van der Waals surface area contributed by atoms with Gasteiger partial charge in [-0.2, -0.15) is 10.4 Å².